The molecule has 0 atom stereocenters. The van der Waals surface area contributed by atoms with Crippen LogP contribution >= 0.6 is 0 Å². The van der Waals surface area contributed by atoms with E-state index in [-0.39, 0.29) is 0 Å². The van der Waals surface area contributed by atoms with Gasteiger partial charge in [-0.1, -0.05) is 91.0 Å². The first-order valence-electron chi connectivity index (χ1n) is 17.2. The Kier molecular flexibility index (Phi) is 6.15. The van der Waals surface area contributed by atoms with Gasteiger partial charge in [0.2, 0.25) is 0 Å². The van der Waals surface area contributed by atoms with Crippen LogP contribution < -0.4 is 4.90 Å². The van der Waals surface area contributed by atoms with Gasteiger partial charge in [-0.2, -0.15) is 0 Å². The quantitative estimate of drug-likeness (QED) is 0.182. The summed E-state index contributed by atoms with van der Waals surface area (Å²) in [5.74, 6) is 0. The highest BCUT2D eigenvalue weighted by atomic mass is 16.3. The Morgan fingerprint density at radius 1 is 0.404 bits per heavy atom. The van der Waals surface area contributed by atoms with Gasteiger partial charge in [0, 0.05) is 67.2 Å². The number of rotatable bonds is 5. The Labute approximate surface area is 296 Å². The van der Waals surface area contributed by atoms with Gasteiger partial charge in [0.1, 0.15) is 22.4 Å². The van der Waals surface area contributed by atoms with Crippen LogP contribution in [0.15, 0.2) is 177 Å². The molecule has 0 amide bonds. The van der Waals surface area contributed by atoms with Crippen LogP contribution in [-0.2, 0) is 0 Å². The zero-order valence-corrected chi connectivity index (χ0v) is 27.7. The van der Waals surface area contributed by atoms with E-state index in [0.717, 1.165) is 105 Å². The minimum absolute atomic E-state index is 0.780. The molecule has 0 aliphatic carbocycles. The first-order chi connectivity index (χ1) is 25.8. The van der Waals surface area contributed by atoms with E-state index in [4.69, 9.17) is 18.2 Å². The molecule has 0 fully saturated rings. The number of hydrogen-bond donors (Lipinski definition) is 0. The molecule has 11 aromatic rings. The fourth-order valence-corrected chi connectivity index (χ4v) is 7.63. The van der Waals surface area contributed by atoms with E-state index in [9.17, 15) is 0 Å². The van der Waals surface area contributed by atoms with Crippen LogP contribution in [0.3, 0.4) is 0 Å². The van der Waals surface area contributed by atoms with Crippen molar-refractivity contribution in [3.05, 3.63) is 164 Å². The van der Waals surface area contributed by atoms with Crippen molar-refractivity contribution in [2.75, 3.05) is 4.90 Å². The van der Waals surface area contributed by atoms with E-state index in [1.54, 1.807) is 12.4 Å². The van der Waals surface area contributed by atoms with E-state index < -0.39 is 0 Å². The maximum absolute atomic E-state index is 6.57. The summed E-state index contributed by atoms with van der Waals surface area (Å²) in [6.45, 7) is 0. The molecule has 6 aromatic carbocycles. The third-order valence-corrected chi connectivity index (χ3v) is 10.1. The van der Waals surface area contributed by atoms with E-state index in [1.807, 2.05) is 48.7 Å². The Morgan fingerprint density at radius 2 is 0.962 bits per heavy atom. The predicted octanol–water partition coefficient (Wildman–Crippen LogP) is 13.0. The summed E-state index contributed by atoms with van der Waals surface area (Å²) >= 11 is 0. The molecule has 0 spiro atoms. The second-order valence-electron chi connectivity index (χ2n) is 13.0. The predicted molar refractivity (Wildman–Crippen MR) is 209 cm³/mol. The number of furan rings is 3. The average molecular weight is 670 g/mol. The van der Waals surface area contributed by atoms with Crippen molar-refractivity contribution in [2.24, 2.45) is 0 Å². The van der Waals surface area contributed by atoms with Crippen LogP contribution in [0.4, 0.5) is 17.1 Å². The van der Waals surface area contributed by atoms with Gasteiger partial charge in [-0.15, -0.1) is 0 Å². The number of nitrogens with zero attached hydrogens (tertiary/aromatic N) is 3. The number of benzene rings is 6. The topological polar surface area (TPSA) is 68.4 Å². The minimum atomic E-state index is 0.780. The van der Waals surface area contributed by atoms with Crippen molar-refractivity contribution in [1.82, 2.24) is 9.97 Å². The highest BCUT2D eigenvalue weighted by Crippen LogP contribution is 2.44. The van der Waals surface area contributed by atoms with Crippen molar-refractivity contribution in [2.45, 2.75) is 0 Å². The first kappa shape index (κ1) is 28.6. The molecule has 0 radical (unpaired) electrons. The molecule has 52 heavy (non-hydrogen) atoms. The van der Waals surface area contributed by atoms with Crippen molar-refractivity contribution >= 4 is 82.9 Å². The van der Waals surface area contributed by atoms with Gasteiger partial charge < -0.3 is 18.2 Å². The summed E-state index contributed by atoms with van der Waals surface area (Å²) in [6.07, 6.45) is 5.43. The summed E-state index contributed by atoms with van der Waals surface area (Å²) in [6, 6.07) is 50.1. The zero-order valence-electron chi connectivity index (χ0n) is 27.7. The number of pyridine rings is 2. The molecule has 0 N–H and O–H groups in total. The van der Waals surface area contributed by atoms with Gasteiger partial charge in [-0.25, -0.2) is 0 Å². The maximum Gasteiger partial charge on any atom is 0.161 e. The standard InChI is InChI=1S/C46H27N3O3/c1-3-13-40-33(7-1)37-11-6-12-39(45(37)50-40)49(30-19-15-28(16-20-30)32-9-5-10-36-35-23-25-47-27-42(35)52-44(32)36)31-21-17-29(18-22-31)43-46-38(24-26-48-43)34-8-2-4-14-41(34)51-46/h1-27H. The second kappa shape index (κ2) is 11.2. The lowest BCUT2D eigenvalue weighted by atomic mass is 10.0. The third kappa shape index (κ3) is 4.31. The third-order valence-electron chi connectivity index (χ3n) is 10.1. The fourth-order valence-electron chi connectivity index (χ4n) is 7.63. The van der Waals surface area contributed by atoms with Crippen molar-refractivity contribution in [3.8, 4) is 22.4 Å². The van der Waals surface area contributed by atoms with Gasteiger partial charge in [-0.3, -0.25) is 9.97 Å². The lowest BCUT2D eigenvalue weighted by Gasteiger charge is -2.26. The molecule has 0 bridgehead atoms. The summed E-state index contributed by atoms with van der Waals surface area (Å²) < 4.78 is 19.2. The highest BCUT2D eigenvalue weighted by molar-refractivity contribution is 6.12. The Bertz CT molecular complexity index is 2980. The molecule has 5 heterocycles. The van der Waals surface area contributed by atoms with Gasteiger partial charge in [0.25, 0.3) is 0 Å². The van der Waals surface area contributed by atoms with Gasteiger partial charge in [-0.05, 0) is 60.2 Å². The molecule has 0 aliphatic rings. The van der Waals surface area contributed by atoms with Crippen molar-refractivity contribution < 1.29 is 13.3 Å². The molecule has 0 saturated carbocycles. The van der Waals surface area contributed by atoms with Crippen LogP contribution in [0.25, 0.3) is 88.2 Å². The average Bonchev–Trinajstić information content (AvgIpc) is 3.90. The van der Waals surface area contributed by atoms with E-state index in [0.29, 0.717) is 0 Å². The monoisotopic (exact) mass is 669 g/mol. The lowest BCUT2D eigenvalue weighted by molar-refractivity contribution is 0.667. The highest BCUT2D eigenvalue weighted by Gasteiger charge is 2.21. The maximum atomic E-state index is 6.57. The molecular formula is C46H27N3O3. The first-order valence-corrected chi connectivity index (χ1v) is 17.2. The Morgan fingerprint density at radius 3 is 1.71 bits per heavy atom. The number of anilines is 3. The molecule has 0 aliphatic heterocycles. The van der Waals surface area contributed by atoms with E-state index in [1.165, 1.54) is 0 Å². The number of para-hydroxylation sites is 4. The summed E-state index contributed by atoms with van der Waals surface area (Å²) in [5.41, 5.74) is 11.7. The molecular weight excluding hydrogens is 643 g/mol. The van der Waals surface area contributed by atoms with E-state index >= 15 is 0 Å². The number of fused-ring (bicyclic) bond motifs is 9. The van der Waals surface area contributed by atoms with Crippen LogP contribution in [0, 0.1) is 0 Å². The molecule has 244 valence electrons. The smallest absolute Gasteiger partial charge is 0.161 e. The van der Waals surface area contributed by atoms with E-state index in [2.05, 4.69) is 113 Å². The van der Waals surface area contributed by atoms with Gasteiger partial charge in [0.05, 0.1) is 11.9 Å². The molecule has 11 rings (SSSR count). The summed E-state index contributed by atoms with van der Waals surface area (Å²) in [4.78, 5) is 11.3. The van der Waals surface area contributed by atoms with Crippen LogP contribution in [-0.4, -0.2) is 9.97 Å². The van der Waals surface area contributed by atoms with Crippen LogP contribution in [0.5, 0.6) is 0 Å². The zero-order chi connectivity index (χ0) is 34.2. The van der Waals surface area contributed by atoms with Crippen LogP contribution in [0.1, 0.15) is 0 Å². The van der Waals surface area contributed by atoms with Gasteiger partial charge >= 0.3 is 0 Å². The Hall–Kier alpha value is -7.18. The minimum Gasteiger partial charge on any atom is -0.454 e. The number of aromatic nitrogens is 2. The number of hydrogen-bond acceptors (Lipinski definition) is 6. The summed E-state index contributed by atoms with van der Waals surface area (Å²) in [7, 11) is 0. The SMILES string of the molecule is c1ccc2c(c1)oc1c(N(c3ccc(-c4cccc5c4oc4cnccc45)cc3)c3ccc(-c4nccc5c4oc4ccccc45)cc3)cccc12. The van der Waals surface area contributed by atoms with Crippen molar-refractivity contribution in [1.29, 1.82) is 0 Å². The lowest BCUT2D eigenvalue weighted by Crippen LogP contribution is -2.10. The Balaban J connectivity index is 1.06. The molecule has 5 aromatic heterocycles. The van der Waals surface area contributed by atoms with Crippen LogP contribution in [0.2, 0.25) is 0 Å². The molecule has 0 saturated heterocycles. The fraction of sp³-hybridized carbons (Fsp3) is 0. The normalized spacial score (nSPS) is 11.8. The molecule has 0 unspecified atom stereocenters. The summed E-state index contributed by atoms with van der Waals surface area (Å²) in [5, 5.41) is 6.42. The van der Waals surface area contributed by atoms with Gasteiger partial charge in [0.15, 0.2) is 16.7 Å². The molecule has 6 heteroatoms. The van der Waals surface area contributed by atoms with Crippen molar-refractivity contribution in [3.63, 3.8) is 0 Å². The largest absolute Gasteiger partial charge is 0.454 e. The second-order valence-corrected chi connectivity index (χ2v) is 13.0. The molecule has 6 nitrogen and oxygen atoms in total.